The average molecular weight is 335 g/mol. The SMILES string of the molecule is Cc1c(N=Cc2ccc3c(c2)OCO3)c(=O)n(-c2ccccc2)n1C. The molecule has 4 rings (SSSR count). The van der Waals surface area contributed by atoms with Crippen LogP contribution < -0.4 is 15.0 Å². The molecule has 3 aromatic rings. The summed E-state index contributed by atoms with van der Waals surface area (Å²) in [6.45, 7) is 2.11. The summed E-state index contributed by atoms with van der Waals surface area (Å²) in [4.78, 5) is 17.2. The fourth-order valence-electron chi connectivity index (χ4n) is 2.84. The number of nitrogens with zero attached hydrogens (tertiary/aromatic N) is 3. The number of benzene rings is 2. The van der Waals surface area contributed by atoms with E-state index in [0.29, 0.717) is 11.4 Å². The topological polar surface area (TPSA) is 57.8 Å². The summed E-state index contributed by atoms with van der Waals surface area (Å²) in [6.07, 6.45) is 1.67. The van der Waals surface area contributed by atoms with Crippen LogP contribution in [0.4, 0.5) is 5.69 Å². The first-order valence-corrected chi connectivity index (χ1v) is 7.93. The lowest BCUT2D eigenvalue weighted by molar-refractivity contribution is 0.174. The fourth-order valence-corrected chi connectivity index (χ4v) is 2.84. The highest BCUT2D eigenvalue weighted by Gasteiger charge is 2.16. The van der Waals surface area contributed by atoms with Crippen molar-refractivity contribution in [2.75, 3.05) is 6.79 Å². The Hall–Kier alpha value is -3.28. The molecule has 2 heterocycles. The maximum absolute atomic E-state index is 12.8. The van der Waals surface area contributed by atoms with Crippen LogP contribution in [0.15, 0.2) is 58.3 Å². The molecule has 0 aliphatic carbocycles. The maximum atomic E-state index is 12.8. The molecule has 0 saturated carbocycles. The molecule has 0 amide bonds. The zero-order valence-corrected chi connectivity index (χ0v) is 14.0. The van der Waals surface area contributed by atoms with Gasteiger partial charge in [-0.05, 0) is 42.8 Å². The number of aliphatic imine (C=N–C) groups is 1. The molecule has 0 atom stereocenters. The zero-order valence-electron chi connectivity index (χ0n) is 14.0. The van der Waals surface area contributed by atoms with E-state index in [9.17, 15) is 4.79 Å². The molecule has 2 aromatic carbocycles. The smallest absolute Gasteiger partial charge is 0.297 e. The Labute approximate surface area is 144 Å². The molecule has 0 bridgehead atoms. The first-order chi connectivity index (χ1) is 12.1. The van der Waals surface area contributed by atoms with Crippen molar-refractivity contribution >= 4 is 11.9 Å². The maximum Gasteiger partial charge on any atom is 0.297 e. The molecule has 0 radical (unpaired) electrons. The highest BCUT2D eigenvalue weighted by atomic mass is 16.7. The predicted octanol–water partition coefficient (Wildman–Crippen LogP) is 2.96. The normalized spacial score (nSPS) is 12.9. The minimum atomic E-state index is -0.150. The Balaban J connectivity index is 1.73. The van der Waals surface area contributed by atoms with E-state index in [-0.39, 0.29) is 12.4 Å². The number of fused-ring (bicyclic) bond motifs is 1. The molecule has 0 spiro atoms. The number of para-hydroxylation sites is 1. The monoisotopic (exact) mass is 335 g/mol. The van der Waals surface area contributed by atoms with Gasteiger partial charge in [-0.2, -0.15) is 0 Å². The Kier molecular flexibility index (Phi) is 3.65. The van der Waals surface area contributed by atoms with Crippen LogP contribution in [0.1, 0.15) is 11.3 Å². The summed E-state index contributed by atoms with van der Waals surface area (Å²) >= 11 is 0. The van der Waals surface area contributed by atoms with Crippen molar-refractivity contribution in [3.05, 3.63) is 70.1 Å². The van der Waals surface area contributed by atoms with E-state index < -0.39 is 0 Å². The van der Waals surface area contributed by atoms with Gasteiger partial charge in [-0.25, -0.2) is 9.67 Å². The standard InChI is InChI=1S/C19H17N3O3/c1-13-18(19(23)22(21(13)2)15-6-4-3-5-7-15)20-11-14-8-9-16-17(10-14)25-12-24-16/h3-11H,12H2,1-2H3. The largest absolute Gasteiger partial charge is 0.454 e. The minimum absolute atomic E-state index is 0.150. The lowest BCUT2D eigenvalue weighted by Gasteiger charge is -2.07. The molecule has 1 aromatic heterocycles. The molecule has 0 fully saturated rings. The highest BCUT2D eigenvalue weighted by Crippen LogP contribution is 2.32. The van der Waals surface area contributed by atoms with Crippen LogP contribution in [-0.4, -0.2) is 22.4 Å². The third-order valence-electron chi connectivity index (χ3n) is 4.26. The molecule has 0 N–H and O–H groups in total. The van der Waals surface area contributed by atoms with Gasteiger partial charge >= 0.3 is 0 Å². The van der Waals surface area contributed by atoms with Gasteiger partial charge in [0.25, 0.3) is 5.56 Å². The van der Waals surface area contributed by atoms with Crippen LogP contribution in [0.2, 0.25) is 0 Å². The zero-order chi connectivity index (χ0) is 17.4. The van der Waals surface area contributed by atoms with Gasteiger partial charge in [0.1, 0.15) is 0 Å². The van der Waals surface area contributed by atoms with Gasteiger partial charge in [0.05, 0.1) is 11.4 Å². The first-order valence-electron chi connectivity index (χ1n) is 7.93. The van der Waals surface area contributed by atoms with Gasteiger partial charge < -0.3 is 9.47 Å². The predicted molar refractivity (Wildman–Crippen MR) is 95.6 cm³/mol. The number of ether oxygens (including phenoxy) is 2. The van der Waals surface area contributed by atoms with E-state index in [0.717, 1.165) is 22.7 Å². The summed E-state index contributed by atoms with van der Waals surface area (Å²) in [6, 6.07) is 15.1. The molecule has 1 aliphatic heterocycles. The Bertz CT molecular complexity index is 1020. The van der Waals surface area contributed by atoms with E-state index in [1.54, 1.807) is 10.9 Å². The number of hydrogen-bond acceptors (Lipinski definition) is 4. The third-order valence-corrected chi connectivity index (χ3v) is 4.26. The fraction of sp³-hybridized carbons (Fsp3) is 0.158. The Morgan fingerprint density at radius 2 is 1.84 bits per heavy atom. The van der Waals surface area contributed by atoms with Crippen LogP contribution in [0.25, 0.3) is 5.69 Å². The second-order valence-corrected chi connectivity index (χ2v) is 5.78. The number of hydrogen-bond donors (Lipinski definition) is 0. The molecular weight excluding hydrogens is 318 g/mol. The summed E-state index contributed by atoms with van der Waals surface area (Å²) in [5.41, 5.74) is 2.72. The van der Waals surface area contributed by atoms with Gasteiger partial charge in [0.15, 0.2) is 17.2 Å². The molecule has 6 nitrogen and oxygen atoms in total. The lowest BCUT2D eigenvalue weighted by atomic mass is 10.2. The van der Waals surface area contributed by atoms with Gasteiger partial charge in [-0.1, -0.05) is 18.2 Å². The summed E-state index contributed by atoms with van der Waals surface area (Å²) in [5.74, 6) is 1.41. The van der Waals surface area contributed by atoms with Crippen LogP contribution in [0, 0.1) is 6.92 Å². The van der Waals surface area contributed by atoms with Gasteiger partial charge in [0, 0.05) is 13.3 Å². The molecule has 1 aliphatic rings. The second kappa shape index (κ2) is 5.98. The van der Waals surface area contributed by atoms with Gasteiger partial charge in [0.2, 0.25) is 6.79 Å². The van der Waals surface area contributed by atoms with Crippen LogP contribution >= 0.6 is 0 Å². The highest BCUT2D eigenvalue weighted by molar-refractivity contribution is 5.83. The Morgan fingerprint density at radius 1 is 1.08 bits per heavy atom. The van der Waals surface area contributed by atoms with E-state index in [2.05, 4.69) is 4.99 Å². The second-order valence-electron chi connectivity index (χ2n) is 5.78. The molecule has 126 valence electrons. The van der Waals surface area contributed by atoms with E-state index in [4.69, 9.17) is 9.47 Å². The molecule has 6 heteroatoms. The molecule has 25 heavy (non-hydrogen) atoms. The van der Waals surface area contributed by atoms with Crippen molar-refractivity contribution < 1.29 is 9.47 Å². The van der Waals surface area contributed by atoms with Crippen molar-refractivity contribution in [1.29, 1.82) is 0 Å². The summed E-state index contributed by atoms with van der Waals surface area (Å²) in [7, 11) is 1.85. The van der Waals surface area contributed by atoms with Crippen LogP contribution in [0.5, 0.6) is 11.5 Å². The van der Waals surface area contributed by atoms with Crippen molar-refractivity contribution in [3.8, 4) is 17.2 Å². The third kappa shape index (κ3) is 2.61. The van der Waals surface area contributed by atoms with Crippen molar-refractivity contribution in [1.82, 2.24) is 9.36 Å². The summed E-state index contributed by atoms with van der Waals surface area (Å²) < 4.78 is 14.1. The Morgan fingerprint density at radius 3 is 2.64 bits per heavy atom. The summed E-state index contributed by atoms with van der Waals surface area (Å²) in [5, 5.41) is 0. The van der Waals surface area contributed by atoms with E-state index in [1.807, 2.05) is 67.2 Å². The molecule has 0 saturated heterocycles. The minimum Gasteiger partial charge on any atom is -0.454 e. The average Bonchev–Trinajstić information content (AvgIpc) is 3.17. The van der Waals surface area contributed by atoms with Gasteiger partial charge in [-0.3, -0.25) is 9.48 Å². The van der Waals surface area contributed by atoms with Crippen molar-refractivity contribution in [3.63, 3.8) is 0 Å². The van der Waals surface area contributed by atoms with Crippen molar-refractivity contribution in [2.24, 2.45) is 12.0 Å². The molecule has 0 unspecified atom stereocenters. The van der Waals surface area contributed by atoms with E-state index in [1.165, 1.54) is 0 Å². The lowest BCUT2D eigenvalue weighted by Crippen LogP contribution is -2.19. The van der Waals surface area contributed by atoms with Gasteiger partial charge in [-0.15, -0.1) is 0 Å². The number of aromatic nitrogens is 2. The first kappa shape index (κ1) is 15.3. The van der Waals surface area contributed by atoms with Crippen molar-refractivity contribution in [2.45, 2.75) is 6.92 Å². The quantitative estimate of drug-likeness (QED) is 0.692. The van der Waals surface area contributed by atoms with Crippen LogP contribution in [0.3, 0.4) is 0 Å². The number of rotatable bonds is 3. The van der Waals surface area contributed by atoms with Crippen LogP contribution in [-0.2, 0) is 7.05 Å². The molecular formula is C19H17N3O3. The van der Waals surface area contributed by atoms with E-state index >= 15 is 0 Å².